The summed E-state index contributed by atoms with van der Waals surface area (Å²) in [7, 11) is 0. The number of nitrogens with zero attached hydrogens (tertiary/aromatic N) is 1. The average molecular weight is 463 g/mol. The van der Waals surface area contributed by atoms with Gasteiger partial charge in [-0.3, -0.25) is 9.59 Å². The van der Waals surface area contributed by atoms with Gasteiger partial charge in [-0.05, 0) is 48.2 Å². The fourth-order valence-electron chi connectivity index (χ4n) is 3.43. The third-order valence-electron chi connectivity index (χ3n) is 5.09. The Hall–Kier alpha value is -3.27. The lowest BCUT2D eigenvalue weighted by atomic mass is 10.1. The lowest BCUT2D eigenvalue weighted by Gasteiger charge is -2.07. The van der Waals surface area contributed by atoms with E-state index in [-0.39, 0.29) is 29.2 Å². The summed E-state index contributed by atoms with van der Waals surface area (Å²) < 4.78 is 52.5. The van der Waals surface area contributed by atoms with Gasteiger partial charge in [-0.25, -0.2) is 9.37 Å². The van der Waals surface area contributed by atoms with Crippen molar-refractivity contribution in [2.45, 2.75) is 25.4 Å². The number of anilines is 2. The minimum atomic E-state index is -4.40. The third-order valence-corrected chi connectivity index (χ3v) is 5.85. The predicted octanol–water partition coefficient (Wildman–Crippen LogP) is 5.67. The summed E-state index contributed by atoms with van der Waals surface area (Å²) in [5.41, 5.74) is 0.845. The van der Waals surface area contributed by atoms with Crippen LogP contribution in [-0.4, -0.2) is 16.8 Å². The molecule has 1 aliphatic carbocycles. The van der Waals surface area contributed by atoms with E-state index >= 15 is 0 Å². The molecule has 2 N–H and O–H groups in total. The van der Waals surface area contributed by atoms with Crippen LogP contribution in [0.15, 0.2) is 47.8 Å². The summed E-state index contributed by atoms with van der Waals surface area (Å²) in [6, 6.07) is 9.06. The molecule has 32 heavy (non-hydrogen) atoms. The van der Waals surface area contributed by atoms with Crippen LogP contribution in [0.5, 0.6) is 0 Å². The van der Waals surface area contributed by atoms with Gasteiger partial charge in [0.1, 0.15) is 5.82 Å². The zero-order chi connectivity index (χ0) is 23.0. The number of alkyl halides is 3. The van der Waals surface area contributed by atoms with E-state index in [4.69, 9.17) is 0 Å². The quantitative estimate of drug-likeness (QED) is 0.479. The Bertz CT molecular complexity index is 1170. The van der Waals surface area contributed by atoms with Crippen molar-refractivity contribution in [2.24, 2.45) is 5.92 Å². The standard InChI is InChI=1S/C22H17F4N3O2S/c1-11(30)27-14-6-7-15(18(23)8-14)19-10-32-21(28-19)29-20(31)17-9-16(17)12-2-4-13(5-3-12)22(24,25)26/h2-8,10,16-17H,9H2,1H3,(H,27,30)(H,28,29,31). The van der Waals surface area contributed by atoms with Crippen LogP contribution in [0.25, 0.3) is 11.3 Å². The Labute approximate surface area is 184 Å². The molecule has 5 nitrogen and oxygen atoms in total. The number of hydrogen-bond acceptors (Lipinski definition) is 4. The van der Waals surface area contributed by atoms with Gasteiger partial charge in [0.05, 0.1) is 11.3 Å². The van der Waals surface area contributed by atoms with Crippen molar-refractivity contribution >= 4 is 34.0 Å². The molecule has 2 amide bonds. The van der Waals surface area contributed by atoms with E-state index in [2.05, 4.69) is 15.6 Å². The SMILES string of the molecule is CC(=O)Nc1ccc(-c2csc(NC(=O)C3CC3c3ccc(C(F)(F)F)cc3)n2)c(F)c1. The first-order chi connectivity index (χ1) is 15.1. The first-order valence-electron chi connectivity index (χ1n) is 9.63. The van der Waals surface area contributed by atoms with Crippen LogP contribution in [0.2, 0.25) is 0 Å². The molecule has 2 aromatic carbocycles. The lowest BCUT2D eigenvalue weighted by molar-refractivity contribution is -0.137. The molecule has 1 heterocycles. The molecule has 3 aromatic rings. The number of nitrogens with one attached hydrogen (secondary N) is 2. The van der Waals surface area contributed by atoms with E-state index in [1.165, 1.54) is 31.2 Å². The molecule has 1 aromatic heterocycles. The Morgan fingerprint density at radius 3 is 2.44 bits per heavy atom. The molecule has 1 aliphatic rings. The summed E-state index contributed by atoms with van der Waals surface area (Å²) in [6.07, 6.45) is -3.86. The second kappa shape index (κ2) is 8.34. The summed E-state index contributed by atoms with van der Waals surface area (Å²) >= 11 is 1.14. The summed E-state index contributed by atoms with van der Waals surface area (Å²) in [6.45, 7) is 1.32. The molecule has 0 bridgehead atoms. The Morgan fingerprint density at radius 2 is 1.81 bits per heavy atom. The smallest absolute Gasteiger partial charge is 0.326 e. The zero-order valence-electron chi connectivity index (χ0n) is 16.7. The largest absolute Gasteiger partial charge is 0.416 e. The molecule has 2 unspecified atom stereocenters. The van der Waals surface area contributed by atoms with Crippen LogP contribution in [0.1, 0.15) is 30.4 Å². The zero-order valence-corrected chi connectivity index (χ0v) is 17.5. The van der Waals surface area contributed by atoms with Crippen LogP contribution >= 0.6 is 11.3 Å². The number of benzene rings is 2. The number of hydrogen-bond donors (Lipinski definition) is 2. The maximum absolute atomic E-state index is 14.4. The van der Waals surface area contributed by atoms with E-state index < -0.39 is 17.6 Å². The minimum absolute atomic E-state index is 0.143. The van der Waals surface area contributed by atoms with Crippen LogP contribution in [0.3, 0.4) is 0 Å². The number of halogens is 4. The van der Waals surface area contributed by atoms with Crippen molar-refractivity contribution in [3.63, 3.8) is 0 Å². The molecule has 0 radical (unpaired) electrons. The van der Waals surface area contributed by atoms with Crippen molar-refractivity contribution < 1.29 is 27.2 Å². The van der Waals surface area contributed by atoms with E-state index in [9.17, 15) is 27.2 Å². The van der Waals surface area contributed by atoms with Crippen molar-refractivity contribution in [1.29, 1.82) is 0 Å². The monoisotopic (exact) mass is 463 g/mol. The molecule has 0 saturated heterocycles. The predicted molar refractivity (Wildman–Crippen MR) is 113 cm³/mol. The fourth-order valence-corrected chi connectivity index (χ4v) is 4.14. The Morgan fingerprint density at radius 1 is 1.09 bits per heavy atom. The summed E-state index contributed by atoms with van der Waals surface area (Å²) in [5, 5.41) is 7.09. The number of thiazole rings is 1. The topological polar surface area (TPSA) is 71.1 Å². The van der Waals surface area contributed by atoms with Crippen molar-refractivity contribution in [3.8, 4) is 11.3 Å². The Balaban J connectivity index is 1.39. The highest BCUT2D eigenvalue weighted by atomic mass is 32.1. The van der Waals surface area contributed by atoms with Gasteiger partial charge < -0.3 is 10.6 Å². The van der Waals surface area contributed by atoms with Gasteiger partial charge in [0.25, 0.3) is 0 Å². The molecule has 4 rings (SSSR count). The molecule has 0 aliphatic heterocycles. The number of amides is 2. The Kier molecular flexibility index (Phi) is 5.72. The van der Waals surface area contributed by atoms with Gasteiger partial charge in [-0.2, -0.15) is 13.2 Å². The van der Waals surface area contributed by atoms with Gasteiger partial charge >= 0.3 is 6.18 Å². The highest BCUT2D eigenvalue weighted by Gasteiger charge is 2.44. The van der Waals surface area contributed by atoms with Gasteiger partial charge in [0.2, 0.25) is 11.8 Å². The van der Waals surface area contributed by atoms with Gasteiger partial charge in [-0.15, -0.1) is 11.3 Å². The third kappa shape index (κ3) is 4.80. The summed E-state index contributed by atoms with van der Waals surface area (Å²) in [5.74, 6) is -1.66. The van der Waals surface area contributed by atoms with Crippen LogP contribution in [0.4, 0.5) is 28.4 Å². The molecule has 166 valence electrons. The fraction of sp³-hybridized carbons (Fsp3) is 0.227. The first kappa shape index (κ1) is 21.9. The maximum Gasteiger partial charge on any atom is 0.416 e. The van der Waals surface area contributed by atoms with Crippen molar-refractivity contribution in [2.75, 3.05) is 10.6 Å². The molecule has 1 fully saturated rings. The van der Waals surface area contributed by atoms with Crippen molar-refractivity contribution in [1.82, 2.24) is 4.98 Å². The van der Waals surface area contributed by atoms with E-state index in [0.717, 1.165) is 23.5 Å². The minimum Gasteiger partial charge on any atom is -0.326 e. The average Bonchev–Trinajstić information content (AvgIpc) is 3.40. The molecule has 10 heteroatoms. The van der Waals surface area contributed by atoms with Crippen molar-refractivity contribution in [3.05, 3.63) is 64.8 Å². The highest BCUT2D eigenvalue weighted by molar-refractivity contribution is 7.14. The molecule has 2 atom stereocenters. The number of aromatic nitrogens is 1. The number of rotatable bonds is 5. The van der Waals surface area contributed by atoms with E-state index in [1.807, 2.05) is 0 Å². The van der Waals surface area contributed by atoms with Crippen LogP contribution in [0, 0.1) is 11.7 Å². The summed E-state index contributed by atoms with van der Waals surface area (Å²) in [4.78, 5) is 27.8. The first-order valence-corrected chi connectivity index (χ1v) is 10.5. The van der Waals surface area contributed by atoms with Crippen LogP contribution < -0.4 is 10.6 Å². The lowest BCUT2D eigenvalue weighted by Crippen LogP contribution is -2.14. The van der Waals surface area contributed by atoms with Gasteiger partial charge in [-0.1, -0.05) is 12.1 Å². The molecular formula is C22H17F4N3O2S. The molecular weight excluding hydrogens is 446 g/mol. The molecule has 1 saturated carbocycles. The van der Waals surface area contributed by atoms with Gasteiger partial charge in [0.15, 0.2) is 5.13 Å². The number of carbonyl (C=O) groups is 2. The van der Waals surface area contributed by atoms with Crippen LogP contribution in [-0.2, 0) is 15.8 Å². The molecule has 0 spiro atoms. The second-order valence-electron chi connectivity index (χ2n) is 7.47. The van der Waals surface area contributed by atoms with E-state index in [1.54, 1.807) is 11.4 Å². The normalized spacial score (nSPS) is 17.7. The maximum atomic E-state index is 14.4. The van der Waals surface area contributed by atoms with Gasteiger partial charge in [0, 0.05) is 29.5 Å². The highest BCUT2D eigenvalue weighted by Crippen LogP contribution is 2.48. The second-order valence-corrected chi connectivity index (χ2v) is 8.33. The van der Waals surface area contributed by atoms with E-state index in [0.29, 0.717) is 28.5 Å². The number of carbonyl (C=O) groups excluding carboxylic acids is 2.